The molecule has 3 N–H and O–H groups in total. The molecule has 0 radical (unpaired) electrons. The van der Waals surface area contributed by atoms with E-state index in [2.05, 4.69) is 9.71 Å². The van der Waals surface area contributed by atoms with Gasteiger partial charge in [0.15, 0.2) is 11.5 Å². The van der Waals surface area contributed by atoms with Crippen molar-refractivity contribution in [1.29, 1.82) is 0 Å². The number of sulfonamides is 1. The highest BCUT2D eigenvalue weighted by Crippen LogP contribution is 2.36. The average Bonchev–Trinajstić information content (AvgIpc) is 2.86. The molecule has 0 spiro atoms. The molecule has 3 aromatic rings. The van der Waals surface area contributed by atoms with E-state index in [0.29, 0.717) is 42.8 Å². The summed E-state index contributed by atoms with van der Waals surface area (Å²) in [6.45, 7) is 9.60. The number of nitrogen functional groups attached to an aromatic ring is 1. The Balaban J connectivity index is 1.78. The number of ether oxygens (including phenoxy) is 2. The Labute approximate surface area is 216 Å². The van der Waals surface area contributed by atoms with Crippen LogP contribution >= 0.6 is 0 Å². The molecule has 1 aromatic carbocycles. The van der Waals surface area contributed by atoms with E-state index >= 15 is 0 Å². The van der Waals surface area contributed by atoms with Crippen molar-refractivity contribution in [2.75, 3.05) is 30.4 Å². The minimum absolute atomic E-state index is 0.121. The first kappa shape index (κ1) is 26.2. The predicted octanol–water partition coefficient (Wildman–Crippen LogP) is 3.63. The third kappa shape index (κ3) is 5.61. The number of nitrogens with one attached hydrogen (secondary N) is 1. The largest absolute Gasteiger partial charge is 0.486 e. The van der Waals surface area contributed by atoms with E-state index < -0.39 is 21.5 Å². The highest BCUT2D eigenvalue weighted by atomic mass is 32.2. The maximum atomic E-state index is 13.4. The average molecular weight is 526 g/mol. The molecular weight excluding hydrogens is 494 g/mol. The summed E-state index contributed by atoms with van der Waals surface area (Å²) in [5, 5.41) is 0. The zero-order valence-electron chi connectivity index (χ0n) is 21.3. The first-order valence-corrected chi connectivity index (χ1v) is 13.5. The number of nitrogens with two attached hydrogens (primary N) is 1. The number of aromatic nitrogens is 2. The Morgan fingerprint density at radius 3 is 2.51 bits per heavy atom. The second kappa shape index (κ2) is 10.3. The summed E-state index contributed by atoms with van der Waals surface area (Å²) >= 11 is 0. The monoisotopic (exact) mass is 525 g/mol. The molecule has 0 saturated heterocycles. The molecule has 2 aromatic heterocycles. The minimum atomic E-state index is -4.26. The SMILES string of the molecule is CCCN(c1nc(-c2ccc3c(c2)OCCO3)ccc1C(=O)NS(=O)(=O)c1cccnc1N)C(C)(C)C. The summed E-state index contributed by atoms with van der Waals surface area (Å²) < 4.78 is 39.4. The van der Waals surface area contributed by atoms with Crippen LogP contribution in [0.1, 0.15) is 44.5 Å². The summed E-state index contributed by atoms with van der Waals surface area (Å²) in [6.07, 6.45) is 2.17. The molecule has 11 heteroatoms. The molecule has 37 heavy (non-hydrogen) atoms. The molecule has 0 unspecified atom stereocenters. The number of amides is 1. The fourth-order valence-corrected chi connectivity index (χ4v) is 5.09. The van der Waals surface area contributed by atoms with Gasteiger partial charge in [0, 0.05) is 23.8 Å². The van der Waals surface area contributed by atoms with Crippen LogP contribution in [0.5, 0.6) is 11.5 Å². The Hall–Kier alpha value is -3.86. The smallest absolute Gasteiger partial charge is 0.268 e. The number of hydrogen-bond donors (Lipinski definition) is 2. The third-order valence-corrected chi connectivity index (χ3v) is 7.17. The van der Waals surface area contributed by atoms with Gasteiger partial charge in [0.05, 0.1) is 11.3 Å². The van der Waals surface area contributed by atoms with E-state index in [-0.39, 0.29) is 16.3 Å². The number of pyridine rings is 2. The van der Waals surface area contributed by atoms with Crippen LogP contribution in [0.4, 0.5) is 11.6 Å². The molecule has 0 atom stereocenters. The quantitative estimate of drug-likeness (QED) is 0.474. The van der Waals surface area contributed by atoms with Gasteiger partial charge in [0.2, 0.25) is 0 Å². The van der Waals surface area contributed by atoms with Crippen LogP contribution in [0.2, 0.25) is 0 Å². The van der Waals surface area contributed by atoms with Crippen LogP contribution in [0.15, 0.2) is 53.6 Å². The number of rotatable bonds is 7. The van der Waals surface area contributed by atoms with Gasteiger partial charge in [-0.05, 0) is 69.7 Å². The van der Waals surface area contributed by atoms with Crippen molar-refractivity contribution in [2.45, 2.75) is 44.6 Å². The van der Waals surface area contributed by atoms with Crippen molar-refractivity contribution in [1.82, 2.24) is 14.7 Å². The first-order chi connectivity index (χ1) is 17.5. The van der Waals surface area contributed by atoms with Gasteiger partial charge >= 0.3 is 0 Å². The van der Waals surface area contributed by atoms with Crippen molar-refractivity contribution >= 4 is 27.6 Å². The van der Waals surface area contributed by atoms with E-state index in [1.165, 1.54) is 18.3 Å². The summed E-state index contributed by atoms with van der Waals surface area (Å²) in [5.41, 5.74) is 6.84. The molecule has 4 rings (SSSR count). The Kier molecular flexibility index (Phi) is 7.26. The standard InChI is InChI=1S/C26H31N5O5S/c1-5-13-31(26(2,3)4)24-18(25(32)30-37(33,34)22-7-6-12-28-23(22)27)9-10-19(29-24)17-8-11-20-21(16-17)36-15-14-35-20/h6-12,16H,5,13-15H2,1-4H3,(H2,27,28)(H,30,32). The fraction of sp³-hybridized carbons (Fsp3) is 0.346. The zero-order valence-corrected chi connectivity index (χ0v) is 22.1. The van der Waals surface area contributed by atoms with Gasteiger partial charge in [-0.3, -0.25) is 4.79 Å². The Morgan fingerprint density at radius 1 is 1.11 bits per heavy atom. The van der Waals surface area contributed by atoms with E-state index in [9.17, 15) is 13.2 Å². The molecule has 0 aliphatic carbocycles. The van der Waals surface area contributed by atoms with Crippen LogP contribution in [-0.2, 0) is 10.0 Å². The molecule has 0 saturated carbocycles. The third-order valence-electron chi connectivity index (χ3n) is 5.79. The Bertz CT molecular complexity index is 1420. The summed E-state index contributed by atoms with van der Waals surface area (Å²) in [6, 6.07) is 11.5. The van der Waals surface area contributed by atoms with Crippen molar-refractivity contribution in [3.8, 4) is 22.8 Å². The number of fused-ring (bicyclic) bond motifs is 1. The molecule has 1 amide bonds. The number of anilines is 2. The lowest BCUT2D eigenvalue weighted by Crippen LogP contribution is -2.44. The van der Waals surface area contributed by atoms with Gasteiger partial charge in [-0.1, -0.05) is 6.92 Å². The molecule has 1 aliphatic heterocycles. The van der Waals surface area contributed by atoms with E-state index in [0.717, 1.165) is 12.0 Å². The van der Waals surface area contributed by atoms with Crippen LogP contribution < -0.4 is 24.8 Å². The highest BCUT2D eigenvalue weighted by molar-refractivity contribution is 7.90. The van der Waals surface area contributed by atoms with Crippen LogP contribution in [0, 0.1) is 0 Å². The van der Waals surface area contributed by atoms with Crippen molar-refractivity contribution in [3.63, 3.8) is 0 Å². The fourth-order valence-electron chi connectivity index (χ4n) is 4.04. The Morgan fingerprint density at radius 2 is 1.84 bits per heavy atom. The van der Waals surface area contributed by atoms with Gasteiger partial charge in [0.1, 0.15) is 29.7 Å². The van der Waals surface area contributed by atoms with Crippen LogP contribution in [0.25, 0.3) is 11.3 Å². The van der Waals surface area contributed by atoms with Crippen molar-refractivity contribution in [2.24, 2.45) is 0 Å². The number of carbonyl (C=O) groups excluding carboxylic acids is 1. The second-order valence-electron chi connectivity index (χ2n) is 9.57. The first-order valence-electron chi connectivity index (χ1n) is 12.0. The predicted molar refractivity (Wildman–Crippen MR) is 141 cm³/mol. The summed E-state index contributed by atoms with van der Waals surface area (Å²) in [7, 11) is -4.26. The molecule has 3 heterocycles. The maximum Gasteiger partial charge on any atom is 0.268 e. The summed E-state index contributed by atoms with van der Waals surface area (Å²) in [4.78, 5) is 23.8. The highest BCUT2D eigenvalue weighted by Gasteiger charge is 2.30. The van der Waals surface area contributed by atoms with Gasteiger partial charge in [-0.25, -0.2) is 23.1 Å². The number of nitrogens with zero attached hydrogens (tertiary/aromatic N) is 3. The summed E-state index contributed by atoms with van der Waals surface area (Å²) in [5.74, 6) is 0.638. The van der Waals surface area contributed by atoms with Crippen molar-refractivity contribution < 1.29 is 22.7 Å². The van der Waals surface area contributed by atoms with E-state index in [4.69, 9.17) is 20.2 Å². The molecule has 10 nitrogen and oxygen atoms in total. The zero-order chi connectivity index (χ0) is 26.8. The molecule has 0 fully saturated rings. The lowest BCUT2D eigenvalue weighted by molar-refractivity contribution is 0.0981. The van der Waals surface area contributed by atoms with Gasteiger partial charge in [0.25, 0.3) is 15.9 Å². The molecule has 0 bridgehead atoms. The molecule has 1 aliphatic rings. The number of benzene rings is 1. The normalized spacial score (nSPS) is 13.2. The molecular formula is C26H31N5O5S. The van der Waals surface area contributed by atoms with Crippen LogP contribution in [-0.4, -0.2) is 49.6 Å². The number of hydrogen-bond acceptors (Lipinski definition) is 9. The van der Waals surface area contributed by atoms with Crippen molar-refractivity contribution in [3.05, 3.63) is 54.2 Å². The maximum absolute atomic E-state index is 13.4. The lowest BCUT2D eigenvalue weighted by atomic mass is 10.0. The van der Waals surface area contributed by atoms with Crippen LogP contribution in [0.3, 0.4) is 0 Å². The van der Waals surface area contributed by atoms with Gasteiger partial charge in [-0.2, -0.15) is 0 Å². The second-order valence-corrected chi connectivity index (χ2v) is 11.2. The van der Waals surface area contributed by atoms with E-state index in [1.807, 2.05) is 50.8 Å². The lowest BCUT2D eigenvalue weighted by Gasteiger charge is -2.37. The van der Waals surface area contributed by atoms with E-state index in [1.54, 1.807) is 12.1 Å². The minimum Gasteiger partial charge on any atom is -0.486 e. The number of carbonyl (C=O) groups is 1. The topological polar surface area (TPSA) is 137 Å². The molecule has 196 valence electrons. The van der Waals surface area contributed by atoms with Gasteiger partial charge < -0.3 is 20.1 Å². The van der Waals surface area contributed by atoms with Gasteiger partial charge in [-0.15, -0.1) is 0 Å².